The Kier molecular flexibility index (Phi) is 9.85. The highest BCUT2D eigenvalue weighted by atomic mass is 16.5. The molecule has 0 spiro atoms. The van der Waals surface area contributed by atoms with Gasteiger partial charge < -0.3 is 14.2 Å². The van der Waals surface area contributed by atoms with Gasteiger partial charge in [-0.15, -0.1) is 0 Å². The Morgan fingerprint density at radius 1 is 0.667 bits per heavy atom. The highest BCUT2D eigenvalue weighted by molar-refractivity contribution is 6.21. The van der Waals surface area contributed by atoms with E-state index in [0.717, 1.165) is 25.9 Å². The molecule has 1 fully saturated rings. The Bertz CT molecular complexity index is 1800. The highest BCUT2D eigenvalue weighted by Crippen LogP contribution is 2.64. The summed E-state index contributed by atoms with van der Waals surface area (Å²) < 4.78 is 20.9. The number of rotatable bonds is 8. The van der Waals surface area contributed by atoms with Crippen molar-refractivity contribution >= 4 is 28.9 Å². The van der Waals surface area contributed by atoms with Crippen LogP contribution in [-0.2, 0) is 19.2 Å². The van der Waals surface area contributed by atoms with Crippen LogP contribution in [0.5, 0.6) is 17.2 Å². The van der Waals surface area contributed by atoms with Gasteiger partial charge >= 0.3 is 0 Å². The normalized spacial score (nSPS) is 25.6. The van der Waals surface area contributed by atoms with Crippen molar-refractivity contribution in [2.24, 2.45) is 39.4 Å². The van der Waals surface area contributed by atoms with E-state index >= 15 is 0 Å². The fourth-order valence-electron chi connectivity index (χ4n) is 9.91. The molecule has 0 amide bonds. The Morgan fingerprint density at radius 2 is 1.07 bits per heavy atom. The Balaban J connectivity index is 1.74. The third kappa shape index (κ3) is 5.68. The molecular formula is C45H61NO8. The minimum absolute atomic E-state index is 0.186. The number of likely N-dealkylation sites (tertiary alicyclic amines) is 1. The molecule has 6 rings (SSSR count). The fourth-order valence-corrected chi connectivity index (χ4v) is 9.91. The first-order chi connectivity index (χ1) is 24.9. The topological polar surface area (TPSA) is 116 Å². The van der Waals surface area contributed by atoms with Crippen molar-refractivity contribution in [3.63, 3.8) is 0 Å². The lowest BCUT2D eigenvalue weighted by molar-refractivity contribution is -0.146. The van der Waals surface area contributed by atoms with E-state index in [4.69, 9.17) is 14.2 Å². The Labute approximate surface area is 321 Å². The fraction of sp³-hybridized carbons (Fsp3) is 0.667. The summed E-state index contributed by atoms with van der Waals surface area (Å²) in [7, 11) is 0. The number of allylic oxidation sites excluding steroid dienone is 4. The van der Waals surface area contributed by atoms with E-state index in [0.29, 0.717) is 41.2 Å². The molecule has 294 valence electrons. The molecule has 9 nitrogen and oxygen atoms in total. The monoisotopic (exact) mass is 743 g/mol. The second-order valence-electron chi connectivity index (χ2n) is 19.4. The van der Waals surface area contributed by atoms with Gasteiger partial charge in [-0.1, -0.05) is 48.0 Å². The highest BCUT2D eigenvalue weighted by Gasteiger charge is 2.61. The van der Waals surface area contributed by atoms with E-state index in [-0.39, 0.29) is 69.3 Å². The maximum absolute atomic E-state index is 14.8. The van der Waals surface area contributed by atoms with E-state index in [2.05, 4.69) is 4.90 Å². The molecule has 0 aromatic heterocycles. The van der Waals surface area contributed by atoms with Gasteiger partial charge in [-0.05, 0) is 93.2 Å². The molecule has 1 saturated heterocycles. The third-order valence-corrected chi connectivity index (χ3v) is 12.8. The van der Waals surface area contributed by atoms with Crippen LogP contribution in [-0.4, -0.2) is 60.1 Å². The van der Waals surface area contributed by atoms with Gasteiger partial charge in [0.05, 0.1) is 21.7 Å². The number of carbonyl (C=O) groups excluding carboxylic acids is 5. The van der Waals surface area contributed by atoms with Crippen molar-refractivity contribution in [2.75, 3.05) is 26.2 Å². The lowest BCUT2D eigenvalue weighted by Gasteiger charge is -2.48. The summed E-state index contributed by atoms with van der Waals surface area (Å²) in [6, 6.07) is 0. The van der Waals surface area contributed by atoms with Crippen LogP contribution in [0.4, 0.5) is 0 Å². The van der Waals surface area contributed by atoms with Gasteiger partial charge in [0, 0.05) is 46.6 Å². The van der Waals surface area contributed by atoms with Gasteiger partial charge in [0.15, 0.2) is 28.9 Å². The molecule has 0 N–H and O–H groups in total. The van der Waals surface area contributed by atoms with E-state index < -0.39 is 39.4 Å². The van der Waals surface area contributed by atoms with Crippen LogP contribution in [0.25, 0.3) is 0 Å². The molecule has 54 heavy (non-hydrogen) atoms. The summed E-state index contributed by atoms with van der Waals surface area (Å²) in [6.07, 6.45) is 3.44. The minimum atomic E-state index is -1.31. The zero-order valence-electron chi connectivity index (χ0n) is 35.0. The first kappa shape index (κ1) is 40.1. The van der Waals surface area contributed by atoms with Crippen molar-refractivity contribution in [3.8, 4) is 17.2 Å². The van der Waals surface area contributed by atoms with Crippen LogP contribution in [0, 0.1) is 39.4 Å². The lowest BCUT2D eigenvalue weighted by Crippen LogP contribution is -2.53. The van der Waals surface area contributed by atoms with Crippen LogP contribution < -0.4 is 14.2 Å². The van der Waals surface area contributed by atoms with E-state index in [1.54, 1.807) is 55.4 Å². The molecule has 1 aromatic rings. The maximum Gasteiger partial charge on any atom is 0.175 e. The molecule has 0 unspecified atom stereocenters. The van der Waals surface area contributed by atoms with Crippen molar-refractivity contribution in [2.45, 2.75) is 128 Å². The van der Waals surface area contributed by atoms with Crippen molar-refractivity contribution in [1.29, 1.82) is 0 Å². The number of piperidine rings is 1. The quantitative estimate of drug-likeness (QED) is 0.191. The van der Waals surface area contributed by atoms with Gasteiger partial charge in [0.25, 0.3) is 0 Å². The predicted molar refractivity (Wildman–Crippen MR) is 207 cm³/mol. The van der Waals surface area contributed by atoms with Crippen molar-refractivity contribution in [3.05, 3.63) is 39.4 Å². The van der Waals surface area contributed by atoms with Crippen LogP contribution in [0.3, 0.4) is 0 Å². The van der Waals surface area contributed by atoms with Gasteiger partial charge in [-0.25, -0.2) is 0 Å². The zero-order valence-corrected chi connectivity index (χ0v) is 35.0. The third-order valence-electron chi connectivity index (χ3n) is 12.8. The first-order valence-corrected chi connectivity index (χ1v) is 20.1. The van der Waals surface area contributed by atoms with Crippen LogP contribution in [0.2, 0.25) is 0 Å². The second kappa shape index (κ2) is 13.3. The maximum atomic E-state index is 14.8. The number of hydrogen-bond acceptors (Lipinski definition) is 9. The largest absolute Gasteiger partial charge is 0.491 e. The molecule has 0 saturated carbocycles. The van der Waals surface area contributed by atoms with Gasteiger partial charge in [-0.2, -0.15) is 0 Å². The molecule has 3 aliphatic heterocycles. The summed E-state index contributed by atoms with van der Waals surface area (Å²) in [4.78, 5) is 74.6. The summed E-state index contributed by atoms with van der Waals surface area (Å²) in [5.74, 6) is -2.03. The van der Waals surface area contributed by atoms with E-state index in [1.165, 1.54) is 6.42 Å². The number of carbonyl (C=O) groups is 5. The SMILES string of the molecule is CC(C)C(=O)c1c2c(c(OCCN3CCCCC3)c3c1OC1=C(C(=O)C(C)(C)C(=O)C1(C)C)[C@@H]3C(C)C)[C@H](C(C)C)C1=C(O2)C(C)(C)C(=O)C(C)(C)C1=O. The van der Waals surface area contributed by atoms with Crippen molar-refractivity contribution < 1.29 is 38.2 Å². The number of fused-ring (bicyclic) bond motifs is 2. The van der Waals surface area contributed by atoms with Crippen LogP contribution >= 0.6 is 0 Å². The van der Waals surface area contributed by atoms with Gasteiger partial charge in [0.2, 0.25) is 0 Å². The Morgan fingerprint density at radius 3 is 1.44 bits per heavy atom. The molecular weight excluding hydrogens is 682 g/mol. The molecule has 5 aliphatic rings. The number of Topliss-reactive ketones (excluding diaryl/α,β-unsaturated/α-hetero) is 5. The second-order valence-corrected chi connectivity index (χ2v) is 19.4. The van der Waals surface area contributed by atoms with Gasteiger partial charge in [0.1, 0.15) is 40.9 Å². The molecule has 2 aliphatic carbocycles. The summed E-state index contributed by atoms with van der Waals surface area (Å²) >= 11 is 0. The molecule has 9 heteroatoms. The van der Waals surface area contributed by atoms with Gasteiger partial charge in [-0.3, -0.25) is 28.9 Å². The first-order valence-electron chi connectivity index (χ1n) is 20.1. The summed E-state index contributed by atoms with van der Waals surface area (Å²) in [6.45, 7) is 28.6. The molecule has 3 heterocycles. The average Bonchev–Trinajstić information content (AvgIpc) is 3.10. The molecule has 0 bridgehead atoms. The smallest absolute Gasteiger partial charge is 0.175 e. The van der Waals surface area contributed by atoms with Crippen LogP contribution in [0.15, 0.2) is 22.7 Å². The summed E-state index contributed by atoms with van der Waals surface area (Å²) in [5.41, 5.74) is -2.79. The molecule has 1 aromatic carbocycles. The zero-order chi connectivity index (χ0) is 40.2. The van der Waals surface area contributed by atoms with Crippen molar-refractivity contribution in [1.82, 2.24) is 4.90 Å². The van der Waals surface area contributed by atoms with E-state index in [9.17, 15) is 24.0 Å². The lowest BCUT2D eigenvalue weighted by atomic mass is 9.58. The standard InChI is InChI=1S/C45H61NO8/c1-22(2)25-27-33(52-21-20-46-18-16-15-17-19-46)28-26(23(3)4)30-37(49)43(9,10)41(51)45(13,14)39(30)54-35(28)31(32(47)24(5)6)34(27)53-38-29(25)36(48)42(7,8)40(50)44(38,11)12/h22-26H,15-21H2,1-14H3/t25-,26+. The molecule has 0 radical (unpaired) electrons. The molecule has 2 atom stereocenters. The number of hydrogen-bond donors (Lipinski definition) is 0. The average molecular weight is 744 g/mol. The van der Waals surface area contributed by atoms with Crippen LogP contribution in [0.1, 0.15) is 150 Å². The number of ketones is 5. The number of benzene rings is 1. The number of nitrogens with zero attached hydrogens (tertiary/aromatic N) is 1. The predicted octanol–water partition coefficient (Wildman–Crippen LogP) is 8.57. The van der Waals surface area contributed by atoms with E-state index in [1.807, 2.05) is 41.5 Å². The minimum Gasteiger partial charge on any atom is -0.491 e. The Hall–Kier alpha value is -3.59. The number of ether oxygens (including phenoxy) is 3. The summed E-state index contributed by atoms with van der Waals surface area (Å²) in [5, 5.41) is 0.